The van der Waals surface area contributed by atoms with E-state index in [0.29, 0.717) is 91.8 Å². The number of alkyl halides is 1. The van der Waals surface area contributed by atoms with Crippen LogP contribution in [0.15, 0.2) is 77.4 Å². The van der Waals surface area contributed by atoms with E-state index in [4.69, 9.17) is 34.4 Å². The molecule has 450 valence electrons. The van der Waals surface area contributed by atoms with Crippen LogP contribution in [-0.2, 0) is 64.4 Å². The predicted molar refractivity (Wildman–Crippen MR) is 312 cm³/mol. The molecule has 3 aromatic heterocycles. The molecule has 4 aliphatic rings. The second kappa shape index (κ2) is 25.2. The number of benzene rings is 3. The Balaban J connectivity index is 1.01. The number of hydrazine groups is 1. The van der Waals surface area contributed by atoms with Gasteiger partial charge < -0.3 is 13.8 Å². The molecule has 3 unspecified atom stereocenters. The molecule has 4 aliphatic heterocycles. The summed E-state index contributed by atoms with van der Waals surface area (Å²) in [5.74, 6) is -1.09. The topological polar surface area (TPSA) is 267 Å². The average Bonchev–Trinajstić information content (AvgIpc) is 2.61. The number of aromatic hydroxyl groups is 1. The van der Waals surface area contributed by atoms with Crippen molar-refractivity contribution in [2.24, 2.45) is 11.3 Å². The van der Waals surface area contributed by atoms with Crippen molar-refractivity contribution in [1.29, 1.82) is 0 Å². The second-order valence-corrected chi connectivity index (χ2v) is 28.7. The number of phenols is 1. The maximum atomic E-state index is 15.0. The minimum atomic E-state index is -3.08. The van der Waals surface area contributed by atoms with Crippen LogP contribution in [0.4, 0.5) is 10.5 Å². The van der Waals surface area contributed by atoms with Gasteiger partial charge in [0.25, 0.3) is 0 Å². The Labute approximate surface area is 500 Å². The number of ether oxygens (including phenoxy) is 3. The molecule has 3 saturated heterocycles. The fraction of sp³-hybridized carbons (Fsp3) is 0.492. The van der Waals surface area contributed by atoms with Gasteiger partial charge in [-0.15, -0.1) is 0 Å². The number of carbonyl (C=O) groups is 4. The van der Waals surface area contributed by atoms with Crippen LogP contribution in [0.1, 0.15) is 101 Å². The van der Waals surface area contributed by atoms with E-state index in [1.807, 2.05) is 82.0 Å². The molecule has 5 N–H and O–H groups in total. The van der Waals surface area contributed by atoms with Crippen LogP contribution in [0.3, 0.4) is 0 Å². The molecule has 3 amide bonds. The average molecular weight is 1280 g/mol. The first kappa shape index (κ1) is 60.6. The number of hydrogen-bond acceptors (Lipinski definition) is 17. The van der Waals surface area contributed by atoms with Gasteiger partial charge in [0.1, 0.15) is 0 Å². The fourth-order valence-corrected chi connectivity index (χ4v) is 16.1. The summed E-state index contributed by atoms with van der Waals surface area (Å²) in [6, 6.07) is 17.9. The molecule has 0 radical (unpaired) electrons. The van der Waals surface area contributed by atoms with Gasteiger partial charge in [0, 0.05) is 60.4 Å². The number of phenolic OH excluding ortho intramolecular Hbond substituents is 1. The third-order valence-electron chi connectivity index (χ3n) is 16.5. The van der Waals surface area contributed by atoms with Gasteiger partial charge in [-0.2, -0.15) is 4.98 Å². The standard InChI is InChI=1S/C61H76IN10O11S/c1-9-71-50-17-14-39-29-45(50)47(54(71)46-30-41(32-64-52(46)36(4)80-8)56-66-51(83-68-56)33-70-20-23-84(78,79)24-21-70)31-61(5,6)34-82-59(76)48-11-10-19-72(67-48)58(75)49(27-37-25-40(39)28-43(73)26-37)65-57(74)53(35(2)3)69(7)60(77)62-55-44(18-22-81-55)38-12-15-42(63)16-13-38/h12-17,25-26,28-30,32,35-36,44,48-49,53,55,67,73H,9-11,18-24,27,31,33-34,63H2,1-8H3,(H,65,74)/q-1/t36-,44?,48?,49-,53-,55?/m0/s1. The van der Waals surface area contributed by atoms with Crippen LogP contribution in [-0.4, -0.2) is 150 Å². The van der Waals surface area contributed by atoms with Gasteiger partial charge >= 0.3 is 285 Å². The smallest absolute Gasteiger partial charge is 0.0563 e. The molecule has 6 aromatic rings. The summed E-state index contributed by atoms with van der Waals surface area (Å²) in [5, 5.41) is 21.3. The first-order valence-corrected chi connectivity index (χ1v) is 32.9. The number of nitrogens with one attached hydrogen (secondary N) is 2. The van der Waals surface area contributed by atoms with Crippen molar-refractivity contribution >= 4 is 48.1 Å². The summed E-state index contributed by atoms with van der Waals surface area (Å²) in [4.78, 5) is 71.6. The van der Waals surface area contributed by atoms with Crippen molar-refractivity contribution in [3.8, 4) is 39.5 Å². The molecular weight excluding hydrogens is 1210 g/mol. The summed E-state index contributed by atoms with van der Waals surface area (Å²) in [6.07, 6.45) is 3.27. The molecule has 10 rings (SSSR count). The number of aromatic nitrogens is 4. The number of anilines is 1. The number of carbonyl (C=O) groups excluding carboxylic acids is 4. The van der Waals surface area contributed by atoms with Crippen molar-refractivity contribution in [2.75, 3.05) is 64.2 Å². The number of rotatable bonds is 14. The van der Waals surface area contributed by atoms with E-state index in [1.54, 1.807) is 32.5 Å². The summed E-state index contributed by atoms with van der Waals surface area (Å²) in [7, 11) is 0.187. The van der Waals surface area contributed by atoms with Gasteiger partial charge in [-0.1, -0.05) is 19.0 Å². The molecule has 3 aromatic carbocycles. The van der Waals surface area contributed by atoms with Crippen LogP contribution >= 0.6 is 0 Å². The first-order valence-electron chi connectivity index (χ1n) is 28.8. The van der Waals surface area contributed by atoms with Crippen molar-refractivity contribution in [1.82, 2.24) is 45.2 Å². The number of amides is 3. The number of methoxy groups -OCH3 is 1. The summed E-state index contributed by atoms with van der Waals surface area (Å²) >= 11 is -1.25. The molecule has 84 heavy (non-hydrogen) atoms. The fourth-order valence-electron chi connectivity index (χ4n) is 12.0. The monoisotopic (exact) mass is 1280 g/mol. The second-order valence-electron chi connectivity index (χ2n) is 23.6. The van der Waals surface area contributed by atoms with Crippen LogP contribution < -0.4 is 37.7 Å². The zero-order valence-electron chi connectivity index (χ0n) is 48.9. The summed E-state index contributed by atoms with van der Waals surface area (Å²) in [6.45, 7) is 14.2. The Hall–Kier alpha value is -6.51. The molecular formula is C61H76IN10O11S-. The van der Waals surface area contributed by atoms with Gasteiger partial charge in [0.2, 0.25) is 11.7 Å². The number of esters is 1. The number of halogens is 1. The summed E-state index contributed by atoms with van der Waals surface area (Å²) in [5.41, 5.74) is 16.9. The van der Waals surface area contributed by atoms with E-state index in [9.17, 15) is 32.7 Å². The minimum absolute atomic E-state index is 0.0193. The molecule has 0 saturated carbocycles. The third kappa shape index (κ3) is 13.3. The van der Waals surface area contributed by atoms with Crippen molar-refractivity contribution in [3.63, 3.8) is 0 Å². The Morgan fingerprint density at radius 1 is 1.00 bits per heavy atom. The third-order valence-corrected chi connectivity index (χ3v) is 21.2. The number of likely N-dealkylation sites (N-methyl/N-ethyl adjacent to an activating group) is 1. The van der Waals surface area contributed by atoms with E-state index < -0.39 is 78.5 Å². The number of nitrogens with zero attached hydrogens (tertiary/aromatic N) is 7. The summed E-state index contributed by atoms with van der Waals surface area (Å²) < 4.78 is 50.2. The number of nitrogens with two attached hydrogens (primary N) is 1. The molecule has 0 aliphatic carbocycles. The Kier molecular flexibility index (Phi) is 18.2. The Morgan fingerprint density at radius 2 is 1.76 bits per heavy atom. The molecule has 0 spiro atoms. The molecule has 6 atom stereocenters. The van der Waals surface area contributed by atoms with Crippen LogP contribution in [0.2, 0.25) is 0 Å². The SMILES string of the molecule is CCn1c(-c2cc(-c3noc(CN4CCS(=O)(=O)CC4)n3)cnc2[C@H](C)OC)c2c3cc(ccc31)-c1cc(O)cc(c1)C[C@H](NC(=O)[C@H](C(C)C)N(C)C(=O)[I-]C1OCCC1c1ccc(N)cc1)C(=O)N1CCCC(N1)C(=O)OCC(C)(C)C2. The normalized spacial score (nSPS) is 21.9. The number of pyridine rings is 1. The number of fused-ring (bicyclic) bond motifs is 6. The number of hydrogen-bond donors (Lipinski definition) is 4. The van der Waals surface area contributed by atoms with Gasteiger partial charge in [0.05, 0.1) is 42.1 Å². The minimum Gasteiger partial charge on any atom is -0.0563 e. The van der Waals surface area contributed by atoms with Gasteiger partial charge in [0.15, 0.2) is 9.84 Å². The van der Waals surface area contributed by atoms with E-state index in [0.717, 1.165) is 45.3 Å². The predicted octanol–water partition coefficient (Wildman–Crippen LogP) is 4.01. The molecule has 23 heteroatoms. The van der Waals surface area contributed by atoms with Gasteiger partial charge in [-0.05, 0) is 38.0 Å². The van der Waals surface area contributed by atoms with Gasteiger partial charge in [-0.3, -0.25) is 9.88 Å². The van der Waals surface area contributed by atoms with Crippen LogP contribution in [0, 0.1) is 11.3 Å². The van der Waals surface area contributed by atoms with Crippen molar-refractivity contribution in [2.45, 2.75) is 121 Å². The number of sulfone groups is 1. The molecule has 7 heterocycles. The number of nitrogen functional groups attached to an aromatic ring is 1. The number of cyclic esters (lactones) is 1. The molecule has 6 bridgehead atoms. The van der Waals surface area contributed by atoms with E-state index in [-0.39, 0.29) is 56.7 Å². The number of aryl methyl sites for hydroxylation is 1. The Bertz CT molecular complexity index is 3540. The van der Waals surface area contributed by atoms with Crippen molar-refractivity contribution in [3.05, 3.63) is 101 Å². The molecule has 3 fully saturated rings. The van der Waals surface area contributed by atoms with E-state index >= 15 is 0 Å². The van der Waals surface area contributed by atoms with Gasteiger partial charge in [-0.25, -0.2) is 8.42 Å². The van der Waals surface area contributed by atoms with E-state index in [1.165, 1.54) is 9.91 Å². The van der Waals surface area contributed by atoms with Crippen LogP contribution in [0.25, 0.3) is 44.7 Å². The zero-order chi connectivity index (χ0) is 59.8. The maximum absolute atomic E-state index is 15.0. The zero-order valence-corrected chi connectivity index (χ0v) is 51.9. The Morgan fingerprint density at radius 3 is 2.49 bits per heavy atom. The van der Waals surface area contributed by atoms with Crippen molar-refractivity contribution < 1.29 is 72.6 Å². The van der Waals surface area contributed by atoms with E-state index in [2.05, 4.69) is 39.5 Å². The first-order chi connectivity index (χ1) is 40.1. The molecule has 21 nitrogen and oxygen atoms in total. The van der Waals surface area contributed by atoms with Crippen LogP contribution in [0.5, 0.6) is 5.75 Å². The quantitative estimate of drug-likeness (QED) is 0.0300.